The maximum Gasteiger partial charge on any atom is 0.293 e. The molecule has 2 aromatic rings. The van der Waals surface area contributed by atoms with Crippen LogP contribution >= 0.6 is 0 Å². The fourth-order valence-electron chi connectivity index (χ4n) is 1.55. The lowest BCUT2D eigenvalue weighted by molar-refractivity contribution is 0.0994. The summed E-state index contributed by atoms with van der Waals surface area (Å²) >= 11 is 0. The van der Waals surface area contributed by atoms with Crippen LogP contribution in [0.3, 0.4) is 0 Å². The Hall–Kier alpha value is -2.21. The quantitative estimate of drug-likeness (QED) is 0.853. The van der Waals surface area contributed by atoms with Crippen molar-refractivity contribution in [3.8, 4) is 0 Å². The third-order valence-corrected chi connectivity index (χ3v) is 2.29. The maximum absolute atomic E-state index is 11.8. The summed E-state index contributed by atoms with van der Waals surface area (Å²) in [5.74, 6) is 0.627. The van der Waals surface area contributed by atoms with Crippen molar-refractivity contribution in [2.24, 2.45) is 5.73 Å². The van der Waals surface area contributed by atoms with Gasteiger partial charge in [-0.25, -0.2) is 9.97 Å². The number of aromatic nitrogens is 2. The maximum atomic E-state index is 11.8. The standard InChI is InChI=1S/C12H14N4O2/c1-7-5-8(2)15-12(14-7)16-11(17)10-4-3-9(6-13)18-10/h3-5H,6,13H2,1-2H3,(H,14,15,16,17). The Labute approximate surface area is 104 Å². The number of aryl methyl sites for hydroxylation is 2. The third kappa shape index (κ3) is 2.72. The van der Waals surface area contributed by atoms with Crippen LogP contribution in [0, 0.1) is 13.8 Å². The molecule has 1 amide bonds. The monoisotopic (exact) mass is 246 g/mol. The molecule has 0 fully saturated rings. The fraction of sp³-hybridized carbons (Fsp3) is 0.250. The number of furan rings is 1. The molecule has 2 heterocycles. The van der Waals surface area contributed by atoms with Crippen LogP contribution < -0.4 is 11.1 Å². The highest BCUT2D eigenvalue weighted by molar-refractivity contribution is 6.01. The number of amides is 1. The van der Waals surface area contributed by atoms with Crippen molar-refractivity contribution in [2.45, 2.75) is 20.4 Å². The molecule has 0 spiro atoms. The van der Waals surface area contributed by atoms with Gasteiger partial charge < -0.3 is 10.2 Å². The largest absolute Gasteiger partial charge is 0.455 e. The summed E-state index contributed by atoms with van der Waals surface area (Å²) in [6.07, 6.45) is 0. The molecule has 3 N–H and O–H groups in total. The van der Waals surface area contributed by atoms with Gasteiger partial charge in [-0.1, -0.05) is 0 Å². The summed E-state index contributed by atoms with van der Waals surface area (Å²) in [6, 6.07) is 5.06. The molecule has 2 aromatic heterocycles. The molecule has 0 atom stereocenters. The van der Waals surface area contributed by atoms with E-state index < -0.39 is 0 Å². The number of nitrogens with one attached hydrogen (secondary N) is 1. The molecule has 0 radical (unpaired) electrons. The number of nitrogens with two attached hydrogens (primary N) is 1. The summed E-state index contributed by atoms with van der Waals surface area (Å²) in [6.45, 7) is 3.93. The highest BCUT2D eigenvalue weighted by Gasteiger charge is 2.12. The van der Waals surface area contributed by atoms with Gasteiger partial charge in [-0.3, -0.25) is 10.1 Å². The first-order chi connectivity index (χ1) is 8.58. The molecule has 0 aliphatic heterocycles. The number of rotatable bonds is 3. The third-order valence-electron chi connectivity index (χ3n) is 2.29. The first-order valence-corrected chi connectivity index (χ1v) is 5.51. The van der Waals surface area contributed by atoms with Crippen LogP contribution in [0.5, 0.6) is 0 Å². The topological polar surface area (TPSA) is 94.0 Å². The van der Waals surface area contributed by atoms with Gasteiger partial charge in [-0.2, -0.15) is 0 Å². The Kier molecular flexibility index (Phi) is 3.38. The Morgan fingerprint density at radius 3 is 2.56 bits per heavy atom. The Balaban J connectivity index is 2.15. The molecule has 0 saturated carbocycles. The van der Waals surface area contributed by atoms with E-state index in [2.05, 4.69) is 15.3 Å². The molecule has 0 aliphatic carbocycles. The van der Waals surface area contributed by atoms with Gasteiger partial charge in [-0.15, -0.1) is 0 Å². The predicted octanol–water partition coefficient (Wildman–Crippen LogP) is 1.40. The zero-order valence-electron chi connectivity index (χ0n) is 10.2. The number of nitrogens with zero attached hydrogens (tertiary/aromatic N) is 2. The van der Waals surface area contributed by atoms with Crippen molar-refractivity contribution < 1.29 is 9.21 Å². The highest BCUT2D eigenvalue weighted by atomic mass is 16.4. The normalized spacial score (nSPS) is 10.4. The Morgan fingerprint density at radius 1 is 1.33 bits per heavy atom. The van der Waals surface area contributed by atoms with Crippen LogP contribution in [0.15, 0.2) is 22.6 Å². The Bertz CT molecular complexity index is 557. The van der Waals surface area contributed by atoms with Crippen LogP contribution in [0.25, 0.3) is 0 Å². The van der Waals surface area contributed by atoms with E-state index >= 15 is 0 Å². The second-order valence-corrected chi connectivity index (χ2v) is 3.90. The zero-order valence-corrected chi connectivity index (χ0v) is 10.2. The number of carbonyl (C=O) groups is 1. The minimum atomic E-state index is -0.389. The van der Waals surface area contributed by atoms with Crippen molar-refractivity contribution in [3.63, 3.8) is 0 Å². The van der Waals surface area contributed by atoms with Gasteiger partial charge in [0.25, 0.3) is 5.91 Å². The number of hydrogen-bond donors (Lipinski definition) is 2. The Morgan fingerprint density at radius 2 is 2.00 bits per heavy atom. The lowest BCUT2D eigenvalue weighted by Gasteiger charge is -2.03. The lowest BCUT2D eigenvalue weighted by atomic mass is 10.3. The number of hydrogen-bond acceptors (Lipinski definition) is 5. The van der Waals surface area contributed by atoms with Crippen molar-refractivity contribution in [3.05, 3.63) is 41.1 Å². The first kappa shape index (κ1) is 12.3. The fourth-order valence-corrected chi connectivity index (χ4v) is 1.55. The predicted molar refractivity (Wildman–Crippen MR) is 66.1 cm³/mol. The minimum Gasteiger partial charge on any atom is -0.455 e. The van der Waals surface area contributed by atoms with Crippen LogP contribution in [0.1, 0.15) is 27.7 Å². The van der Waals surface area contributed by atoms with Gasteiger partial charge in [0, 0.05) is 11.4 Å². The van der Waals surface area contributed by atoms with Gasteiger partial charge >= 0.3 is 0 Å². The molecule has 0 aliphatic rings. The second-order valence-electron chi connectivity index (χ2n) is 3.90. The van der Waals surface area contributed by atoms with E-state index in [9.17, 15) is 4.79 Å². The molecule has 0 saturated heterocycles. The van der Waals surface area contributed by atoms with Gasteiger partial charge in [0.15, 0.2) is 5.76 Å². The van der Waals surface area contributed by atoms with E-state index in [1.807, 2.05) is 19.9 Å². The van der Waals surface area contributed by atoms with Crippen LogP contribution in [-0.2, 0) is 6.54 Å². The van der Waals surface area contributed by atoms with Gasteiger partial charge in [-0.05, 0) is 32.0 Å². The summed E-state index contributed by atoms with van der Waals surface area (Å²) in [5, 5.41) is 2.58. The first-order valence-electron chi connectivity index (χ1n) is 5.51. The second kappa shape index (κ2) is 4.97. The van der Waals surface area contributed by atoms with Gasteiger partial charge in [0.2, 0.25) is 5.95 Å². The summed E-state index contributed by atoms with van der Waals surface area (Å²) in [5.41, 5.74) is 6.99. The van der Waals surface area contributed by atoms with Gasteiger partial charge in [0.05, 0.1) is 6.54 Å². The smallest absolute Gasteiger partial charge is 0.293 e. The summed E-state index contributed by atoms with van der Waals surface area (Å²) < 4.78 is 5.23. The number of carbonyl (C=O) groups excluding carboxylic acids is 1. The number of anilines is 1. The highest BCUT2D eigenvalue weighted by Crippen LogP contribution is 2.10. The van der Waals surface area contributed by atoms with E-state index in [0.717, 1.165) is 11.4 Å². The summed E-state index contributed by atoms with van der Waals surface area (Å²) in [7, 11) is 0. The molecular weight excluding hydrogens is 232 g/mol. The SMILES string of the molecule is Cc1cc(C)nc(NC(=O)c2ccc(CN)o2)n1. The molecule has 2 rings (SSSR count). The molecule has 0 unspecified atom stereocenters. The molecule has 94 valence electrons. The van der Waals surface area contributed by atoms with Crippen molar-refractivity contribution >= 4 is 11.9 Å². The van der Waals surface area contributed by atoms with E-state index in [0.29, 0.717) is 5.76 Å². The molecule has 18 heavy (non-hydrogen) atoms. The molecule has 0 bridgehead atoms. The van der Waals surface area contributed by atoms with Crippen LogP contribution in [-0.4, -0.2) is 15.9 Å². The van der Waals surface area contributed by atoms with E-state index in [1.54, 1.807) is 12.1 Å². The molecular formula is C12H14N4O2. The van der Waals surface area contributed by atoms with Crippen LogP contribution in [0.2, 0.25) is 0 Å². The minimum absolute atomic E-state index is 0.193. The molecule has 6 heteroatoms. The zero-order chi connectivity index (χ0) is 13.1. The molecule has 0 aromatic carbocycles. The van der Waals surface area contributed by atoms with E-state index in [1.165, 1.54) is 0 Å². The summed E-state index contributed by atoms with van der Waals surface area (Å²) in [4.78, 5) is 20.1. The van der Waals surface area contributed by atoms with Crippen LogP contribution in [0.4, 0.5) is 5.95 Å². The van der Waals surface area contributed by atoms with E-state index in [-0.39, 0.29) is 24.2 Å². The average Bonchev–Trinajstić information content (AvgIpc) is 2.75. The van der Waals surface area contributed by atoms with Gasteiger partial charge in [0.1, 0.15) is 5.76 Å². The lowest BCUT2D eigenvalue weighted by Crippen LogP contribution is -2.14. The average molecular weight is 246 g/mol. The molecule has 6 nitrogen and oxygen atoms in total. The van der Waals surface area contributed by atoms with Crippen molar-refractivity contribution in [1.29, 1.82) is 0 Å². The van der Waals surface area contributed by atoms with Crippen molar-refractivity contribution in [1.82, 2.24) is 9.97 Å². The van der Waals surface area contributed by atoms with Crippen molar-refractivity contribution in [2.75, 3.05) is 5.32 Å². The van der Waals surface area contributed by atoms with E-state index in [4.69, 9.17) is 10.2 Å².